The lowest BCUT2D eigenvalue weighted by molar-refractivity contribution is 0.634. The van der Waals surface area contributed by atoms with Gasteiger partial charge in [0.05, 0.1) is 17.4 Å². The Balaban J connectivity index is 1.70. The van der Waals surface area contributed by atoms with Gasteiger partial charge in [0.1, 0.15) is 11.9 Å². The highest BCUT2D eigenvalue weighted by molar-refractivity contribution is 5.57. The van der Waals surface area contributed by atoms with Crippen molar-refractivity contribution in [1.29, 1.82) is 5.26 Å². The van der Waals surface area contributed by atoms with Crippen LogP contribution in [0.5, 0.6) is 0 Å². The number of pyridine rings is 1. The minimum atomic E-state index is 0.493. The van der Waals surface area contributed by atoms with E-state index in [9.17, 15) is 0 Å². The lowest BCUT2D eigenvalue weighted by Gasteiger charge is -2.30. The summed E-state index contributed by atoms with van der Waals surface area (Å²) in [6, 6.07) is 12.2. The predicted molar refractivity (Wildman–Crippen MR) is 74.7 cm³/mol. The van der Waals surface area contributed by atoms with Gasteiger partial charge in [-0.3, -0.25) is 0 Å². The number of hydrogen-bond donors (Lipinski definition) is 2. The van der Waals surface area contributed by atoms with Crippen molar-refractivity contribution in [3.8, 4) is 6.07 Å². The number of nitrogen functional groups attached to an aromatic ring is 1. The summed E-state index contributed by atoms with van der Waals surface area (Å²) in [6.45, 7) is 0.794. The first-order valence-corrected chi connectivity index (χ1v) is 6.25. The largest absolute Gasteiger partial charge is 0.397 e. The van der Waals surface area contributed by atoms with E-state index in [2.05, 4.69) is 40.6 Å². The van der Waals surface area contributed by atoms with E-state index in [0.29, 0.717) is 23.0 Å². The first-order chi connectivity index (χ1) is 9.28. The standard InChI is InChI=1S/C15H14N4/c16-7-11-6-13(17)9-19-15(11)18-8-12-5-10-3-1-2-4-14(10)12/h1-4,6,9,12H,5,8,17H2,(H,18,19). The molecule has 0 aliphatic heterocycles. The monoisotopic (exact) mass is 250 g/mol. The van der Waals surface area contributed by atoms with Crippen LogP contribution in [-0.4, -0.2) is 11.5 Å². The summed E-state index contributed by atoms with van der Waals surface area (Å²) in [5, 5.41) is 12.3. The Morgan fingerprint density at radius 2 is 2.26 bits per heavy atom. The minimum absolute atomic E-state index is 0.493. The third-order valence-electron chi connectivity index (χ3n) is 3.51. The molecule has 0 bridgehead atoms. The van der Waals surface area contributed by atoms with E-state index in [-0.39, 0.29) is 0 Å². The average Bonchev–Trinajstić information content (AvgIpc) is 2.41. The summed E-state index contributed by atoms with van der Waals surface area (Å²) >= 11 is 0. The number of rotatable bonds is 3. The molecule has 4 nitrogen and oxygen atoms in total. The zero-order chi connectivity index (χ0) is 13.2. The lowest BCUT2D eigenvalue weighted by atomic mass is 9.77. The fourth-order valence-electron chi connectivity index (χ4n) is 2.47. The number of nitrogens with one attached hydrogen (secondary N) is 1. The number of nitrogens with zero attached hydrogens (tertiary/aromatic N) is 2. The van der Waals surface area contributed by atoms with Crippen LogP contribution in [0.2, 0.25) is 0 Å². The molecule has 4 heteroatoms. The quantitative estimate of drug-likeness (QED) is 0.876. The molecular weight excluding hydrogens is 236 g/mol. The first-order valence-electron chi connectivity index (χ1n) is 6.25. The number of nitriles is 1. The Morgan fingerprint density at radius 1 is 1.42 bits per heavy atom. The SMILES string of the molecule is N#Cc1cc(N)cnc1NCC1Cc2ccccc21. The number of benzene rings is 1. The molecule has 1 heterocycles. The topological polar surface area (TPSA) is 74.7 Å². The average molecular weight is 250 g/mol. The minimum Gasteiger partial charge on any atom is -0.397 e. The first kappa shape index (κ1) is 11.5. The van der Waals surface area contributed by atoms with Crippen LogP contribution < -0.4 is 11.1 Å². The van der Waals surface area contributed by atoms with Crippen LogP contribution >= 0.6 is 0 Å². The van der Waals surface area contributed by atoms with Crippen LogP contribution in [0.25, 0.3) is 0 Å². The second-order valence-electron chi connectivity index (χ2n) is 4.76. The molecule has 3 N–H and O–H groups in total. The molecule has 94 valence electrons. The Hall–Kier alpha value is -2.54. The van der Waals surface area contributed by atoms with Crippen molar-refractivity contribution in [2.75, 3.05) is 17.6 Å². The normalized spacial score (nSPS) is 16.1. The van der Waals surface area contributed by atoms with Gasteiger partial charge in [0.2, 0.25) is 0 Å². The van der Waals surface area contributed by atoms with E-state index in [0.717, 1.165) is 13.0 Å². The van der Waals surface area contributed by atoms with E-state index < -0.39 is 0 Å². The van der Waals surface area contributed by atoms with Crippen molar-refractivity contribution in [2.45, 2.75) is 12.3 Å². The van der Waals surface area contributed by atoms with Gasteiger partial charge in [0.25, 0.3) is 0 Å². The summed E-state index contributed by atoms with van der Waals surface area (Å²) in [5.41, 5.74) is 9.43. The maximum atomic E-state index is 9.05. The highest BCUT2D eigenvalue weighted by atomic mass is 15.0. The number of hydrogen-bond acceptors (Lipinski definition) is 4. The van der Waals surface area contributed by atoms with Crippen molar-refractivity contribution < 1.29 is 0 Å². The van der Waals surface area contributed by atoms with Crippen molar-refractivity contribution in [2.24, 2.45) is 0 Å². The van der Waals surface area contributed by atoms with Crippen molar-refractivity contribution in [1.82, 2.24) is 4.98 Å². The van der Waals surface area contributed by atoms with Gasteiger partial charge < -0.3 is 11.1 Å². The zero-order valence-corrected chi connectivity index (χ0v) is 10.4. The molecule has 1 aromatic heterocycles. The molecule has 19 heavy (non-hydrogen) atoms. The van der Waals surface area contributed by atoms with E-state index in [4.69, 9.17) is 11.0 Å². The van der Waals surface area contributed by atoms with Crippen LogP contribution in [0.3, 0.4) is 0 Å². The Morgan fingerprint density at radius 3 is 3.05 bits per heavy atom. The molecule has 0 spiro atoms. The summed E-state index contributed by atoms with van der Waals surface area (Å²) in [6.07, 6.45) is 2.65. The van der Waals surface area contributed by atoms with Gasteiger partial charge in [-0.25, -0.2) is 4.98 Å². The van der Waals surface area contributed by atoms with Crippen LogP contribution in [0.15, 0.2) is 36.5 Å². The molecule has 0 fully saturated rings. The number of fused-ring (bicyclic) bond motifs is 1. The zero-order valence-electron chi connectivity index (χ0n) is 10.4. The molecular formula is C15H14N4. The number of nitrogens with two attached hydrogens (primary N) is 1. The summed E-state index contributed by atoms with van der Waals surface area (Å²) in [7, 11) is 0. The Bertz CT molecular complexity index is 657. The lowest BCUT2D eigenvalue weighted by Crippen LogP contribution is -2.24. The van der Waals surface area contributed by atoms with Gasteiger partial charge in [0, 0.05) is 12.5 Å². The van der Waals surface area contributed by atoms with Crippen molar-refractivity contribution >= 4 is 11.5 Å². The van der Waals surface area contributed by atoms with E-state index >= 15 is 0 Å². The highest BCUT2D eigenvalue weighted by Gasteiger charge is 2.25. The van der Waals surface area contributed by atoms with Crippen LogP contribution in [0.4, 0.5) is 11.5 Å². The van der Waals surface area contributed by atoms with Crippen LogP contribution in [0.1, 0.15) is 22.6 Å². The third kappa shape index (κ3) is 2.11. The summed E-state index contributed by atoms with van der Waals surface area (Å²) < 4.78 is 0. The van der Waals surface area contributed by atoms with Gasteiger partial charge in [-0.05, 0) is 23.6 Å². The molecule has 0 radical (unpaired) electrons. The molecule has 1 aromatic carbocycles. The van der Waals surface area contributed by atoms with Gasteiger partial charge >= 0.3 is 0 Å². The molecule has 1 atom stereocenters. The second-order valence-corrected chi connectivity index (χ2v) is 4.76. The predicted octanol–water partition coefficient (Wildman–Crippen LogP) is 2.29. The molecule has 2 aromatic rings. The molecule has 3 rings (SSSR count). The van der Waals surface area contributed by atoms with Gasteiger partial charge in [-0.15, -0.1) is 0 Å². The van der Waals surface area contributed by atoms with Crippen LogP contribution in [0, 0.1) is 11.3 Å². The van der Waals surface area contributed by atoms with Gasteiger partial charge in [-0.1, -0.05) is 24.3 Å². The molecule has 0 saturated carbocycles. The molecule has 1 unspecified atom stereocenters. The fourth-order valence-corrected chi connectivity index (χ4v) is 2.47. The third-order valence-corrected chi connectivity index (χ3v) is 3.51. The van der Waals surface area contributed by atoms with Gasteiger partial charge in [-0.2, -0.15) is 5.26 Å². The summed E-state index contributed by atoms with van der Waals surface area (Å²) in [4.78, 5) is 4.18. The van der Waals surface area contributed by atoms with Crippen molar-refractivity contribution in [3.63, 3.8) is 0 Å². The summed E-state index contributed by atoms with van der Waals surface area (Å²) in [5.74, 6) is 1.11. The molecule has 1 aliphatic carbocycles. The maximum absolute atomic E-state index is 9.05. The molecule has 0 amide bonds. The second kappa shape index (κ2) is 4.62. The van der Waals surface area contributed by atoms with E-state index in [1.807, 2.05) is 0 Å². The van der Waals surface area contributed by atoms with Crippen molar-refractivity contribution in [3.05, 3.63) is 53.2 Å². The van der Waals surface area contributed by atoms with Crippen LogP contribution in [-0.2, 0) is 6.42 Å². The molecule has 1 aliphatic rings. The fraction of sp³-hybridized carbons (Fsp3) is 0.200. The highest BCUT2D eigenvalue weighted by Crippen LogP contribution is 2.34. The number of anilines is 2. The maximum Gasteiger partial charge on any atom is 0.144 e. The van der Waals surface area contributed by atoms with Gasteiger partial charge in [0.15, 0.2) is 0 Å². The Kier molecular flexibility index (Phi) is 2.81. The van der Waals surface area contributed by atoms with E-state index in [1.54, 1.807) is 12.3 Å². The van der Waals surface area contributed by atoms with E-state index in [1.165, 1.54) is 11.1 Å². The Labute approximate surface area is 111 Å². The number of aromatic nitrogens is 1. The molecule has 0 saturated heterocycles. The smallest absolute Gasteiger partial charge is 0.144 e.